The first kappa shape index (κ1) is 26.2. The fourth-order valence-electron chi connectivity index (χ4n) is 5.70. The van der Waals surface area contributed by atoms with E-state index in [1.165, 1.54) is 19.4 Å². The molecule has 8 nitrogen and oxygen atoms in total. The van der Waals surface area contributed by atoms with Crippen LogP contribution in [0, 0.1) is 0 Å². The summed E-state index contributed by atoms with van der Waals surface area (Å²) >= 11 is 0. The van der Waals surface area contributed by atoms with Gasteiger partial charge in [0, 0.05) is 55.6 Å². The Morgan fingerprint density at radius 2 is 1.58 bits per heavy atom. The molecule has 202 valence electrons. The number of hydrogen-bond acceptors (Lipinski definition) is 5. The maximum atomic E-state index is 13.2. The van der Waals surface area contributed by atoms with E-state index in [-0.39, 0.29) is 24.3 Å². The van der Waals surface area contributed by atoms with Crippen LogP contribution in [0.4, 0.5) is 5.69 Å². The molecule has 1 atom stereocenters. The van der Waals surface area contributed by atoms with Crippen molar-refractivity contribution in [3.63, 3.8) is 0 Å². The largest absolute Gasteiger partial charge is 0.494 e. The number of rotatable bonds is 8. The highest BCUT2D eigenvalue weighted by Gasteiger charge is 2.29. The molecule has 0 spiro atoms. The van der Waals surface area contributed by atoms with Crippen molar-refractivity contribution < 1.29 is 19.1 Å². The maximum absolute atomic E-state index is 13.2. The molecular formula is C30H38N4O4. The summed E-state index contributed by atoms with van der Waals surface area (Å²) in [6.07, 6.45) is 5.61. The van der Waals surface area contributed by atoms with E-state index in [0.29, 0.717) is 36.9 Å². The van der Waals surface area contributed by atoms with Gasteiger partial charge in [-0.1, -0.05) is 6.07 Å². The minimum absolute atomic E-state index is 0.0102. The van der Waals surface area contributed by atoms with E-state index in [1.54, 1.807) is 34.1 Å². The molecule has 0 saturated carbocycles. The van der Waals surface area contributed by atoms with Crippen LogP contribution in [0.1, 0.15) is 59.7 Å². The Kier molecular flexibility index (Phi) is 8.27. The van der Waals surface area contributed by atoms with Crippen LogP contribution in [-0.4, -0.2) is 90.9 Å². The Morgan fingerprint density at radius 1 is 0.868 bits per heavy atom. The topological polar surface area (TPSA) is 73.4 Å². The average Bonchev–Trinajstić information content (AvgIpc) is 3.63. The molecule has 3 aliphatic rings. The van der Waals surface area contributed by atoms with Gasteiger partial charge < -0.3 is 24.3 Å². The molecule has 8 heteroatoms. The summed E-state index contributed by atoms with van der Waals surface area (Å²) in [7, 11) is 0. The third-order valence-electron chi connectivity index (χ3n) is 7.96. The summed E-state index contributed by atoms with van der Waals surface area (Å²) in [5, 5.41) is 0. The molecule has 3 amide bonds. The normalized spacial score (nSPS) is 20.3. The van der Waals surface area contributed by atoms with E-state index < -0.39 is 0 Å². The van der Waals surface area contributed by atoms with E-state index in [2.05, 4.69) is 11.8 Å². The minimum atomic E-state index is -0.221. The molecule has 2 aromatic rings. The molecule has 3 saturated heterocycles. The fraction of sp³-hybridized carbons (Fsp3) is 0.500. The molecule has 0 aliphatic carbocycles. The van der Waals surface area contributed by atoms with Gasteiger partial charge in [0.25, 0.3) is 11.8 Å². The first-order valence-electron chi connectivity index (χ1n) is 14.0. The number of ether oxygens (including phenoxy) is 1. The molecule has 0 radical (unpaired) electrons. The van der Waals surface area contributed by atoms with Crippen LogP contribution in [0.25, 0.3) is 0 Å². The van der Waals surface area contributed by atoms with Crippen LogP contribution in [0.5, 0.6) is 5.75 Å². The van der Waals surface area contributed by atoms with Crippen molar-refractivity contribution in [2.75, 3.05) is 57.3 Å². The Labute approximate surface area is 225 Å². The van der Waals surface area contributed by atoms with Gasteiger partial charge >= 0.3 is 0 Å². The fourth-order valence-corrected chi connectivity index (χ4v) is 5.70. The van der Waals surface area contributed by atoms with Gasteiger partial charge in [0.1, 0.15) is 12.3 Å². The van der Waals surface area contributed by atoms with Crippen LogP contribution in [0.3, 0.4) is 0 Å². The molecule has 1 unspecified atom stereocenters. The van der Waals surface area contributed by atoms with E-state index >= 15 is 0 Å². The lowest BCUT2D eigenvalue weighted by atomic mass is 10.1. The lowest BCUT2D eigenvalue weighted by Gasteiger charge is -2.34. The van der Waals surface area contributed by atoms with Gasteiger partial charge in [0.2, 0.25) is 5.91 Å². The summed E-state index contributed by atoms with van der Waals surface area (Å²) in [6, 6.07) is 15.2. The number of carbonyl (C=O) groups is 3. The van der Waals surface area contributed by atoms with Gasteiger partial charge in [-0.2, -0.15) is 0 Å². The Balaban J connectivity index is 1.12. The molecule has 0 N–H and O–H groups in total. The lowest BCUT2D eigenvalue weighted by Crippen LogP contribution is -2.52. The Morgan fingerprint density at radius 3 is 2.24 bits per heavy atom. The lowest BCUT2D eigenvalue weighted by molar-refractivity contribution is -0.120. The van der Waals surface area contributed by atoms with E-state index in [9.17, 15) is 14.4 Å². The highest BCUT2D eigenvalue weighted by molar-refractivity contribution is 6.03. The Bertz CT molecular complexity index is 1150. The zero-order valence-electron chi connectivity index (χ0n) is 22.3. The number of anilines is 1. The number of benzene rings is 2. The third-order valence-corrected chi connectivity index (χ3v) is 7.96. The van der Waals surface area contributed by atoms with Gasteiger partial charge in [-0.3, -0.25) is 14.4 Å². The minimum Gasteiger partial charge on any atom is -0.494 e. The number of nitrogens with zero attached hydrogens (tertiary/aromatic N) is 4. The molecular weight excluding hydrogens is 480 g/mol. The monoisotopic (exact) mass is 518 g/mol. The predicted octanol–water partition coefficient (Wildman–Crippen LogP) is 3.66. The van der Waals surface area contributed by atoms with Gasteiger partial charge in [-0.25, -0.2) is 0 Å². The van der Waals surface area contributed by atoms with E-state index in [1.807, 2.05) is 29.2 Å². The van der Waals surface area contributed by atoms with Gasteiger partial charge in [0.05, 0.1) is 6.61 Å². The molecule has 38 heavy (non-hydrogen) atoms. The van der Waals surface area contributed by atoms with Crippen molar-refractivity contribution in [3.05, 3.63) is 59.7 Å². The highest BCUT2D eigenvalue weighted by atomic mass is 16.5. The smallest absolute Gasteiger partial charge is 0.254 e. The van der Waals surface area contributed by atoms with Crippen molar-refractivity contribution in [2.24, 2.45) is 0 Å². The van der Waals surface area contributed by atoms with Crippen molar-refractivity contribution in [2.45, 2.75) is 45.1 Å². The molecule has 3 aliphatic heterocycles. The summed E-state index contributed by atoms with van der Waals surface area (Å²) < 4.78 is 5.92. The SMILES string of the molecule is CC1CCCN1CCCOc1ccc(N2CCN(C(=O)c3cccc(C(=O)N4CCCC4)c3)CC2=O)cc1. The molecule has 3 heterocycles. The second-order valence-corrected chi connectivity index (χ2v) is 10.6. The quantitative estimate of drug-likeness (QED) is 0.499. The van der Waals surface area contributed by atoms with Crippen LogP contribution in [0.2, 0.25) is 0 Å². The third kappa shape index (κ3) is 6.01. The van der Waals surface area contributed by atoms with Crippen LogP contribution < -0.4 is 9.64 Å². The van der Waals surface area contributed by atoms with Crippen molar-refractivity contribution in [1.82, 2.24) is 14.7 Å². The van der Waals surface area contributed by atoms with Crippen LogP contribution >= 0.6 is 0 Å². The first-order chi connectivity index (χ1) is 18.5. The molecule has 3 fully saturated rings. The van der Waals surface area contributed by atoms with E-state index in [0.717, 1.165) is 50.3 Å². The van der Waals surface area contributed by atoms with Crippen molar-refractivity contribution in [3.8, 4) is 5.75 Å². The number of amides is 3. The Hall–Kier alpha value is -3.39. The summed E-state index contributed by atoms with van der Waals surface area (Å²) in [4.78, 5) is 46.5. The standard InChI is InChI=1S/C30H38N4O4/c1-23-7-5-16-31(23)17-6-20-38-27-12-10-26(11-13-27)34-19-18-33(22-28(34)35)30(37)25-9-4-8-24(21-25)29(36)32-14-2-3-15-32/h4,8-13,21,23H,2-3,5-7,14-20,22H2,1H3. The van der Waals surface area contributed by atoms with Gasteiger partial charge in [0.15, 0.2) is 0 Å². The zero-order chi connectivity index (χ0) is 26.5. The molecule has 0 bridgehead atoms. The summed E-state index contributed by atoms with van der Waals surface area (Å²) in [6.45, 7) is 7.61. The van der Waals surface area contributed by atoms with Crippen molar-refractivity contribution >= 4 is 23.4 Å². The van der Waals surface area contributed by atoms with Gasteiger partial charge in [-0.15, -0.1) is 0 Å². The highest BCUT2D eigenvalue weighted by Crippen LogP contribution is 2.23. The van der Waals surface area contributed by atoms with Gasteiger partial charge in [-0.05, 0) is 88.0 Å². The van der Waals surface area contributed by atoms with Crippen molar-refractivity contribution in [1.29, 1.82) is 0 Å². The number of likely N-dealkylation sites (tertiary alicyclic amines) is 2. The van der Waals surface area contributed by atoms with E-state index in [4.69, 9.17) is 4.74 Å². The zero-order valence-corrected chi connectivity index (χ0v) is 22.3. The second kappa shape index (κ2) is 12.0. The van der Waals surface area contributed by atoms with Crippen LogP contribution in [-0.2, 0) is 4.79 Å². The summed E-state index contributed by atoms with van der Waals surface area (Å²) in [5.74, 6) is 0.419. The second-order valence-electron chi connectivity index (χ2n) is 10.6. The molecule has 2 aromatic carbocycles. The number of piperazine rings is 1. The van der Waals surface area contributed by atoms with Crippen LogP contribution in [0.15, 0.2) is 48.5 Å². The first-order valence-corrected chi connectivity index (χ1v) is 14.0. The number of hydrogen-bond donors (Lipinski definition) is 0. The average molecular weight is 519 g/mol. The maximum Gasteiger partial charge on any atom is 0.254 e. The molecule has 0 aromatic heterocycles. The number of carbonyl (C=O) groups excluding carboxylic acids is 3. The predicted molar refractivity (Wildman–Crippen MR) is 147 cm³/mol. The molecule has 5 rings (SSSR count). The summed E-state index contributed by atoms with van der Waals surface area (Å²) in [5.41, 5.74) is 1.77.